The molecule has 0 amide bonds. The summed E-state index contributed by atoms with van der Waals surface area (Å²) in [6.07, 6.45) is 2.44. The minimum atomic E-state index is -1.03. The molecule has 0 spiro atoms. The molecule has 1 heterocycles. The van der Waals surface area contributed by atoms with Crippen LogP contribution in [0.1, 0.15) is 21.9 Å². The van der Waals surface area contributed by atoms with Gasteiger partial charge in [0, 0.05) is 12.5 Å². The summed E-state index contributed by atoms with van der Waals surface area (Å²) < 4.78 is 22.8. The van der Waals surface area contributed by atoms with Gasteiger partial charge in [0.1, 0.15) is 18.2 Å². The normalized spacial score (nSPS) is 11.1. The molecule has 24 heavy (non-hydrogen) atoms. The first-order valence-electron chi connectivity index (χ1n) is 7.05. The molecule has 0 atom stereocenters. The number of ketones is 1. The van der Waals surface area contributed by atoms with Crippen molar-refractivity contribution in [2.24, 2.45) is 0 Å². The van der Waals surface area contributed by atoms with Crippen LogP contribution in [0.5, 0.6) is 0 Å². The van der Waals surface area contributed by atoms with E-state index >= 15 is 0 Å². The highest BCUT2D eigenvalue weighted by Gasteiger charge is 2.15. The van der Waals surface area contributed by atoms with E-state index in [9.17, 15) is 19.1 Å². The Morgan fingerprint density at radius 1 is 1.21 bits per heavy atom. The van der Waals surface area contributed by atoms with E-state index < -0.39 is 17.5 Å². The lowest BCUT2D eigenvalue weighted by Crippen LogP contribution is -2.09. The fourth-order valence-electron chi connectivity index (χ4n) is 1.87. The number of carbonyl (C=O) groups excluding carboxylic acids is 2. The number of esters is 1. The first-order valence-corrected chi connectivity index (χ1v) is 7.05. The highest BCUT2D eigenvalue weighted by Crippen LogP contribution is 2.15. The fraction of sp³-hybridized carbons (Fsp3) is 0.111. The second-order valence-corrected chi connectivity index (χ2v) is 4.85. The molecule has 0 aliphatic rings. The van der Waals surface area contributed by atoms with E-state index in [2.05, 4.69) is 11.3 Å². The molecule has 1 aromatic heterocycles. The maximum Gasteiger partial charge on any atom is 0.373 e. The Hall–Kier alpha value is -3.15. The quantitative estimate of drug-likeness (QED) is 0.277. The lowest BCUT2D eigenvalue weighted by Gasteiger charge is -2.00. The largest absolute Gasteiger partial charge is 0.502 e. The van der Waals surface area contributed by atoms with Crippen LogP contribution in [0.4, 0.5) is 4.39 Å². The van der Waals surface area contributed by atoms with E-state index in [1.54, 1.807) is 18.2 Å². The van der Waals surface area contributed by atoms with Crippen LogP contribution in [0.2, 0.25) is 0 Å². The molecule has 0 saturated carbocycles. The average Bonchev–Trinajstić information content (AvgIpc) is 3.03. The number of furan rings is 1. The Kier molecular flexibility index (Phi) is 5.68. The van der Waals surface area contributed by atoms with Crippen molar-refractivity contribution in [1.29, 1.82) is 0 Å². The zero-order chi connectivity index (χ0) is 17.5. The Balaban J connectivity index is 2.03. The smallest absolute Gasteiger partial charge is 0.373 e. The number of hydrogen-bond acceptors (Lipinski definition) is 5. The second kappa shape index (κ2) is 7.92. The van der Waals surface area contributed by atoms with Crippen molar-refractivity contribution in [3.05, 3.63) is 83.8 Å². The zero-order valence-electron chi connectivity index (χ0n) is 12.7. The van der Waals surface area contributed by atoms with E-state index in [0.29, 0.717) is 12.2 Å². The summed E-state index contributed by atoms with van der Waals surface area (Å²) in [5, 5.41) is 9.50. The van der Waals surface area contributed by atoms with Gasteiger partial charge in [-0.05, 0) is 29.8 Å². The standard InChI is InChI=1S/C18H15FO5/c1-2-9-23-18(22)16(21)11-15(20)17-8-7-14(24-17)10-12-3-5-13(19)6-4-12/h2-8,11,21H,1,9-10H2/b16-11-. The zero-order valence-corrected chi connectivity index (χ0v) is 12.7. The minimum Gasteiger partial charge on any atom is -0.502 e. The van der Waals surface area contributed by atoms with Crippen LogP contribution in [0.25, 0.3) is 0 Å². The van der Waals surface area contributed by atoms with E-state index in [1.165, 1.54) is 24.3 Å². The van der Waals surface area contributed by atoms with Gasteiger partial charge in [-0.3, -0.25) is 4.79 Å². The van der Waals surface area contributed by atoms with Crippen molar-refractivity contribution >= 4 is 11.8 Å². The first-order chi connectivity index (χ1) is 11.5. The van der Waals surface area contributed by atoms with Gasteiger partial charge in [0.15, 0.2) is 5.76 Å². The van der Waals surface area contributed by atoms with Gasteiger partial charge in [-0.25, -0.2) is 9.18 Å². The molecular formula is C18H15FO5. The van der Waals surface area contributed by atoms with Crippen molar-refractivity contribution in [3.8, 4) is 0 Å². The predicted molar refractivity (Wildman–Crippen MR) is 84.1 cm³/mol. The number of benzene rings is 1. The number of ether oxygens (including phenoxy) is 1. The molecule has 124 valence electrons. The summed E-state index contributed by atoms with van der Waals surface area (Å²) >= 11 is 0. The lowest BCUT2D eigenvalue weighted by molar-refractivity contribution is -0.140. The summed E-state index contributed by atoms with van der Waals surface area (Å²) in [6.45, 7) is 3.29. The Morgan fingerprint density at radius 2 is 1.92 bits per heavy atom. The minimum absolute atomic E-state index is 0.0322. The topological polar surface area (TPSA) is 76.7 Å². The van der Waals surface area contributed by atoms with Crippen molar-refractivity contribution < 1.29 is 28.2 Å². The number of hydrogen-bond donors (Lipinski definition) is 1. The Morgan fingerprint density at radius 3 is 2.58 bits per heavy atom. The summed E-state index contributed by atoms with van der Waals surface area (Å²) in [6, 6.07) is 8.92. The summed E-state index contributed by atoms with van der Waals surface area (Å²) in [5.41, 5.74) is 0.816. The molecule has 1 N–H and O–H groups in total. The Labute approximate surface area is 137 Å². The van der Waals surface area contributed by atoms with Gasteiger partial charge < -0.3 is 14.3 Å². The molecule has 2 rings (SSSR count). The third-order valence-electron chi connectivity index (χ3n) is 3.01. The van der Waals surface area contributed by atoms with E-state index in [1.807, 2.05) is 0 Å². The number of halogens is 1. The third kappa shape index (κ3) is 4.67. The van der Waals surface area contributed by atoms with Crippen LogP contribution in [0.3, 0.4) is 0 Å². The lowest BCUT2D eigenvalue weighted by atomic mass is 10.1. The number of allylic oxidation sites excluding steroid dienone is 1. The van der Waals surface area contributed by atoms with Crippen molar-refractivity contribution in [3.63, 3.8) is 0 Å². The van der Waals surface area contributed by atoms with Gasteiger partial charge in [0.25, 0.3) is 0 Å². The molecule has 0 bridgehead atoms. The molecule has 6 heteroatoms. The van der Waals surface area contributed by atoms with Crippen LogP contribution < -0.4 is 0 Å². The average molecular weight is 330 g/mol. The molecule has 2 aromatic rings. The molecule has 0 aliphatic carbocycles. The van der Waals surface area contributed by atoms with Crippen molar-refractivity contribution in [2.45, 2.75) is 6.42 Å². The van der Waals surface area contributed by atoms with Gasteiger partial charge in [0.05, 0.1) is 0 Å². The van der Waals surface area contributed by atoms with Crippen LogP contribution in [0, 0.1) is 5.82 Å². The van der Waals surface area contributed by atoms with Crippen LogP contribution in [-0.4, -0.2) is 23.5 Å². The molecule has 0 saturated heterocycles. The molecule has 1 aromatic carbocycles. The molecule has 0 unspecified atom stereocenters. The molecular weight excluding hydrogens is 315 g/mol. The van der Waals surface area contributed by atoms with Gasteiger partial charge in [-0.2, -0.15) is 0 Å². The van der Waals surface area contributed by atoms with Crippen LogP contribution >= 0.6 is 0 Å². The molecule has 0 radical (unpaired) electrons. The van der Waals surface area contributed by atoms with E-state index in [4.69, 9.17) is 4.42 Å². The fourth-order valence-corrected chi connectivity index (χ4v) is 1.87. The van der Waals surface area contributed by atoms with Crippen LogP contribution in [0.15, 0.2) is 65.3 Å². The number of rotatable bonds is 7. The SMILES string of the molecule is C=CCOC(=O)/C(O)=C/C(=O)c1ccc(Cc2ccc(F)cc2)o1. The number of carbonyl (C=O) groups is 2. The summed E-state index contributed by atoms with van der Waals surface area (Å²) in [5.74, 6) is -2.40. The number of aliphatic hydroxyl groups excluding tert-OH is 1. The highest BCUT2D eigenvalue weighted by molar-refractivity contribution is 6.06. The highest BCUT2D eigenvalue weighted by atomic mass is 19.1. The van der Waals surface area contributed by atoms with Gasteiger partial charge in [-0.15, -0.1) is 0 Å². The maximum absolute atomic E-state index is 12.9. The first kappa shape index (κ1) is 17.2. The van der Waals surface area contributed by atoms with Crippen molar-refractivity contribution in [1.82, 2.24) is 0 Å². The van der Waals surface area contributed by atoms with E-state index in [0.717, 1.165) is 11.6 Å². The second-order valence-electron chi connectivity index (χ2n) is 4.85. The molecule has 0 fully saturated rings. The van der Waals surface area contributed by atoms with Gasteiger partial charge in [0.2, 0.25) is 11.5 Å². The maximum atomic E-state index is 12.9. The Bertz CT molecular complexity index is 771. The van der Waals surface area contributed by atoms with Gasteiger partial charge in [-0.1, -0.05) is 24.8 Å². The summed E-state index contributed by atoms with van der Waals surface area (Å²) in [7, 11) is 0. The third-order valence-corrected chi connectivity index (χ3v) is 3.01. The molecule has 0 aliphatic heterocycles. The van der Waals surface area contributed by atoms with E-state index in [-0.39, 0.29) is 18.2 Å². The van der Waals surface area contributed by atoms with Crippen LogP contribution in [-0.2, 0) is 16.0 Å². The van der Waals surface area contributed by atoms with Gasteiger partial charge >= 0.3 is 5.97 Å². The van der Waals surface area contributed by atoms with Crippen molar-refractivity contribution in [2.75, 3.05) is 6.61 Å². The number of aliphatic hydroxyl groups is 1. The predicted octanol–water partition coefficient (Wildman–Crippen LogP) is 3.36. The monoisotopic (exact) mass is 330 g/mol. The summed E-state index contributed by atoms with van der Waals surface area (Å²) in [4.78, 5) is 23.3. The molecule has 5 nitrogen and oxygen atoms in total.